The molecule has 1 fully saturated rings. The summed E-state index contributed by atoms with van der Waals surface area (Å²) in [4.78, 5) is 36.7. The standard InChI is InChI=1S/C31H25ClN2O5S/c32-26-8-4-7-22(13-16-26)24-14-17-27(18-15-24)40(39)34(20-29(35)36)31(30(37)33-38)19-28(31)25-11-9-23(10-12-25)21-5-2-1-3-6-21/h1-7,9-18,28H,8,19-20H2,(H,35,36). The van der Waals surface area contributed by atoms with Crippen molar-refractivity contribution in [3.8, 4) is 11.1 Å². The average molecular weight is 573 g/mol. The maximum Gasteiger partial charge on any atom is 0.318 e. The third-order valence-corrected chi connectivity index (χ3v) is 8.98. The summed E-state index contributed by atoms with van der Waals surface area (Å²) in [6.45, 7) is -0.703. The summed E-state index contributed by atoms with van der Waals surface area (Å²) < 4.78 is 14.9. The number of nitrogens with zero attached hydrogens (tertiary/aromatic N) is 2. The zero-order valence-electron chi connectivity index (χ0n) is 21.3. The van der Waals surface area contributed by atoms with Crippen LogP contribution in [0, 0.1) is 4.91 Å². The van der Waals surface area contributed by atoms with Crippen LogP contribution in [0.5, 0.6) is 0 Å². The largest absolute Gasteiger partial charge is 0.480 e. The lowest BCUT2D eigenvalue weighted by Crippen LogP contribution is -2.47. The minimum Gasteiger partial charge on any atom is -0.480 e. The summed E-state index contributed by atoms with van der Waals surface area (Å²) in [6.07, 6.45) is 8.35. The second-order valence-electron chi connectivity index (χ2n) is 9.61. The van der Waals surface area contributed by atoms with Gasteiger partial charge >= 0.3 is 11.9 Å². The lowest BCUT2D eigenvalue weighted by Gasteiger charge is -2.27. The highest BCUT2D eigenvalue weighted by molar-refractivity contribution is 7.82. The van der Waals surface area contributed by atoms with Crippen molar-refractivity contribution < 1.29 is 18.9 Å². The van der Waals surface area contributed by atoms with Crippen LogP contribution in [0.4, 0.5) is 0 Å². The molecule has 2 aliphatic rings. The van der Waals surface area contributed by atoms with Gasteiger partial charge in [0.2, 0.25) is 0 Å². The fourth-order valence-electron chi connectivity index (χ4n) is 5.04. The van der Waals surface area contributed by atoms with E-state index in [1.54, 1.807) is 24.3 Å². The molecule has 0 aliphatic heterocycles. The smallest absolute Gasteiger partial charge is 0.318 e. The molecule has 1 N–H and O–H groups in total. The first kappa shape index (κ1) is 27.6. The van der Waals surface area contributed by atoms with Crippen LogP contribution in [0.3, 0.4) is 0 Å². The minimum atomic E-state index is -2.06. The number of halogens is 1. The molecule has 3 aromatic rings. The van der Waals surface area contributed by atoms with Crippen LogP contribution < -0.4 is 0 Å². The highest BCUT2D eigenvalue weighted by Crippen LogP contribution is 2.57. The quantitative estimate of drug-likeness (QED) is 0.297. The van der Waals surface area contributed by atoms with Crippen LogP contribution in [0.2, 0.25) is 0 Å². The summed E-state index contributed by atoms with van der Waals surface area (Å²) >= 11 is 6.11. The number of carboxylic acids is 1. The molecule has 202 valence electrons. The third-order valence-electron chi connectivity index (χ3n) is 7.17. The monoisotopic (exact) mass is 572 g/mol. The van der Waals surface area contributed by atoms with Gasteiger partial charge in [-0.15, -0.1) is 4.91 Å². The number of nitroso groups, excluding NO2 is 1. The Kier molecular flexibility index (Phi) is 8.02. The Morgan fingerprint density at radius 2 is 1.60 bits per heavy atom. The summed E-state index contributed by atoms with van der Waals surface area (Å²) in [6, 6.07) is 24.1. The van der Waals surface area contributed by atoms with Crippen LogP contribution in [-0.2, 0) is 20.6 Å². The number of benzene rings is 3. The van der Waals surface area contributed by atoms with Gasteiger partial charge in [-0.1, -0.05) is 96.6 Å². The number of allylic oxidation sites excluding steroid dienone is 6. The summed E-state index contributed by atoms with van der Waals surface area (Å²) in [5.41, 5.74) is 2.87. The average Bonchev–Trinajstić information content (AvgIpc) is 3.77. The summed E-state index contributed by atoms with van der Waals surface area (Å²) in [5.74, 6) is -2.85. The first-order valence-corrected chi connectivity index (χ1v) is 14.1. The maximum atomic E-state index is 13.8. The number of amides is 1. The number of hydrogen-bond acceptors (Lipinski definition) is 4. The van der Waals surface area contributed by atoms with Crippen LogP contribution >= 0.6 is 11.6 Å². The molecule has 0 saturated heterocycles. The second kappa shape index (κ2) is 11.6. The molecule has 5 rings (SSSR count). The van der Waals surface area contributed by atoms with Crippen molar-refractivity contribution >= 4 is 40.0 Å². The number of carboxylic acid groups (broad SMARTS) is 1. The lowest BCUT2D eigenvalue weighted by atomic mass is 10.0. The normalized spacial score (nSPS) is 20.7. The molecule has 0 spiro atoms. The number of hydrogen-bond donors (Lipinski definition) is 1. The van der Waals surface area contributed by atoms with Crippen molar-refractivity contribution in [2.24, 2.45) is 5.18 Å². The molecule has 0 aromatic heterocycles. The molecule has 3 aromatic carbocycles. The van der Waals surface area contributed by atoms with Gasteiger partial charge in [0.05, 0.1) is 4.90 Å². The first-order valence-electron chi connectivity index (χ1n) is 12.6. The van der Waals surface area contributed by atoms with Gasteiger partial charge in [-0.05, 0) is 52.5 Å². The van der Waals surface area contributed by atoms with Crippen molar-refractivity contribution in [3.05, 3.63) is 124 Å². The van der Waals surface area contributed by atoms with E-state index in [1.165, 1.54) is 0 Å². The molecule has 1 amide bonds. The van der Waals surface area contributed by atoms with Gasteiger partial charge in [0.15, 0.2) is 0 Å². The van der Waals surface area contributed by atoms with Gasteiger partial charge in [0.25, 0.3) is 0 Å². The second-order valence-corrected chi connectivity index (χ2v) is 11.5. The van der Waals surface area contributed by atoms with Crippen molar-refractivity contribution in [3.63, 3.8) is 0 Å². The van der Waals surface area contributed by atoms with Gasteiger partial charge < -0.3 is 5.11 Å². The molecule has 0 radical (unpaired) electrons. The molecular formula is C31H25ClN2O5S. The molecular weight excluding hydrogens is 548 g/mol. The maximum absolute atomic E-state index is 13.8. The molecule has 9 heteroatoms. The van der Waals surface area contributed by atoms with E-state index >= 15 is 0 Å². The highest BCUT2D eigenvalue weighted by atomic mass is 35.5. The molecule has 3 atom stereocenters. The third kappa shape index (κ3) is 5.51. The van der Waals surface area contributed by atoms with Gasteiger partial charge in [0.1, 0.15) is 23.1 Å². The fourth-order valence-corrected chi connectivity index (χ4v) is 6.62. The lowest BCUT2D eigenvalue weighted by molar-refractivity contribution is -0.138. The van der Waals surface area contributed by atoms with E-state index in [2.05, 4.69) is 5.18 Å². The molecule has 40 heavy (non-hydrogen) atoms. The van der Waals surface area contributed by atoms with Crippen LogP contribution in [-0.4, -0.2) is 37.6 Å². The number of rotatable bonds is 9. The molecule has 3 unspecified atom stereocenters. The molecule has 0 heterocycles. The number of carbonyl (C=O) groups is 2. The zero-order chi connectivity index (χ0) is 28.3. The van der Waals surface area contributed by atoms with Gasteiger partial charge in [-0.3, -0.25) is 9.59 Å². The van der Waals surface area contributed by atoms with E-state index in [4.69, 9.17) is 11.6 Å². The van der Waals surface area contributed by atoms with Crippen molar-refractivity contribution in [2.45, 2.75) is 29.2 Å². The fraction of sp³-hybridized carbons (Fsp3) is 0.161. The zero-order valence-corrected chi connectivity index (χ0v) is 22.8. The van der Waals surface area contributed by atoms with Crippen molar-refractivity contribution in [2.75, 3.05) is 6.54 Å². The van der Waals surface area contributed by atoms with E-state index in [-0.39, 0.29) is 6.42 Å². The highest BCUT2D eigenvalue weighted by Gasteiger charge is 2.67. The Morgan fingerprint density at radius 3 is 2.25 bits per heavy atom. The van der Waals surface area contributed by atoms with Crippen LogP contribution in [0.15, 0.2) is 118 Å². The van der Waals surface area contributed by atoms with Crippen LogP contribution in [0.1, 0.15) is 29.9 Å². The van der Waals surface area contributed by atoms with Gasteiger partial charge in [-0.25, -0.2) is 4.21 Å². The Morgan fingerprint density at radius 1 is 0.950 bits per heavy atom. The first-order chi connectivity index (χ1) is 19.3. The predicted molar refractivity (Wildman–Crippen MR) is 156 cm³/mol. The Bertz CT molecular complexity index is 1570. The van der Waals surface area contributed by atoms with E-state index in [1.807, 2.05) is 78.9 Å². The molecule has 7 nitrogen and oxygen atoms in total. The SMILES string of the molecule is O=NC(=O)C1(N(CC(=O)O)S(=O)c2ccc(C3=CC=C(Cl)CC=C3)cc2)CC1c1ccc(-c2ccccc2)cc1. The van der Waals surface area contributed by atoms with Gasteiger partial charge in [0, 0.05) is 22.5 Å². The Labute approximate surface area is 239 Å². The summed E-state index contributed by atoms with van der Waals surface area (Å²) in [5, 5.41) is 13.1. The molecule has 1 saturated carbocycles. The Hall–Kier alpha value is -3.98. The molecule has 2 aliphatic carbocycles. The minimum absolute atomic E-state index is 0.129. The summed E-state index contributed by atoms with van der Waals surface area (Å²) in [7, 11) is -2.06. The Balaban J connectivity index is 1.45. The van der Waals surface area contributed by atoms with Crippen molar-refractivity contribution in [1.29, 1.82) is 0 Å². The predicted octanol–water partition coefficient (Wildman–Crippen LogP) is 6.45. The van der Waals surface area contributed by atoms with Crippen molar-refractivity contribution in [1.82, 2.24) is 4.31 Å². The number of aliphatic carboxylic acids is 1. The molecule has 0 bridgehead atoms. The van der Waals surface area contributed by atoms with Crippen LogP contribution in [0.25, 0.3) is 16.7 Å². The topological polar surface area (TPSA) is 104 Å². The van der Waals surface area contributed by atoms with E-state index in [0.717, 1.165) is 32.1 Å². The van der Waals surface area contributed by atoms with E-state index in [9.17, 15) is 23.8 Å². The number of carbonyl (C=O) groups excluding carboxylic acids is 1. The van der Waals surface area contributed by atoms with E-state index in [0.29, 0.717) is 16.3 Å². The van der Waals surface area contributed by atoms with E-state index < -0.39 is 40.9 Å². The van der Waals surface area contributed by atoms with Gasteiger partial charge in [-0.2, -0.15) is 4.31 Å².